The average Bonchev–Trinajstić information content (AvgIpc) is 2.30. The Morgan fingerprint density at radius 2 is 2.13 bits per heavy atom. The van der Waals surface area contributed by atoms with Gasteiger partial charge in [0.25, 0.3) is 0 Å². The Hall–Kier alpha value is -1.06. The molecular weight excluding hydrogens is 190 g/mol. The first kappa shape index (κ1) is 12.0. The Morgan fingerprint density at radius 1 is 1.53 bits per heavy atom. The van der Waals surface area contributed by atoms with Crippen molar-refractivity contribution in [2.75, 3.05) is 6.54 Å². The standard InChI is InChI=1S/C11H21N3O/c1-5-6-11(4)9(12)13-10(15)14(11)7-8(2)3/h8H,5-7H2,1-4H3,(H2,12,13,15). The van der Waals surface area contributed by atoms with Crippen LogP contribution in [0.2, 0.25) is 0 Å². The first-order chi connectivity index (χ1) is 6.91. The Kier molecular flexibility index (Phi) is 3.37. The van der Waals surface area contributed by atoms with Gasteiger partial charge in [0.1, 0.15) is 5.84 Å². The molecule has 0 aromatic rings. The van der Waals surface area contributed by atoms with Crippen LogP contribution in [-0.4, -0.2) is 28.9 Å². The third-order valence-corrected chi connectivity index (χ3v) is 2.90. The van der Waals surface area contributed by atoms with E-state index < -0.39 is 5.54 Å². The molecule has 0 radical (unpaired) electrons. The van der Waals surface area contributed by atoms with Crippen LogP contribution in [0.1, 0.15) is 40.5 Å². The first-order valence-electron chi connectivity index (χ1n) is 5.59. The normalized spacial score (nSPS) is 26.3. The van der Waals surface area contributed by atoms with Gasteiger partial charge in [-0.3, -0.25) is 10.7 Å². The number of hydrogen-bond acceptors (Lipinski definition) is 2. The number of nitrogens with one attached hydrogen (secondary N) is 2. The molecule has 0 spiro atoms. The lowest BCUT2D eigenvalue weighted by Gasteiger charge is -2.34. The van der Waals surface area contributed by atoms with Crippen LogP contribution >= 0.6 is 0 Å². The summed E-state index contributed by atoms with van der Waals surface area (Å²) in [6, 6.07) is -0.121. The Bertz CT molecular complexity index is 275. The summed E-state index contributed by atoms with van der Waals surface area (Å²) >= 11 is 0. The maximum atomic E-state index is 11.7. The molecule has 1 rings (SSSR count). The SMILES string of the molecule is CCCC1(C)C(=N)NC(=O)N1CC(C)C. The third kappa shape index (κ3) is 2.13. The van der Waals surface area contributed by atoms with Crippen LogP contribution in [0.5, 0.6) is 0 Å². The molecule has 0 saturated carbocycles. The molecule has 0 aromatic heterocycles. The number of hydrogen-bond donors (Lipinski definition) is 2. The van der Waals surface area contributed by atoms with E-state index in [0.29, 0.717) is 18.3 Å². The molecule has 1 aliphatic rings. The van der Waals surface area contributed by atoms with E-state index in [2.05, 4.69) is 26.1 Å². The highest BCUT2D eigenvalue weighted by atomic mass is 16.2. The van der Waals surface area contributed by atoms with Gasteiger partial charge in [-0.15, -0.1) is 0 Å². The summed E-state index contributed by atoms with van der Waals surface area (Å²) in [4.78, 5) is 13.5. The lowest BCUT2D eigenvalue weighted by Crippen LogP contribution is -2.48. The molecule has 4 nitrogen and oxygen atoms in total. The molecule has 86 valence electrons. The van der Waals surface area contributed by atoms with Crippen LogP contribution in [0, 0.1) is 11.3 Å². The second-order valence-corrected chi connectivity index (χ2v) is 4.83. The van der Waals surface area contributed by atoms with Crippen molar-refractivity contribution in [1.29, 1.82) is 5.41 Å². The summed E-state index contributed by atoms with van der Waals surface area (Å²) in [7, 11) is 0. The molecule has 1 saturated heterocycles. The number of nitrogens with zero attached hydrogens (tertiary/aromatic N) is 1. The quantitative estimate of drug-likeness (QED) is 0.736. The van der Waals surface area contributed by atoms with Gasteiger partial charge in [0.05, 0.1) is 5.54 Å². The Labute approximate surface area is 91.5 Å². The summed E-state index contributed by atoms with van der Waals surface area (Å²) in [5.74, 6) is 0.771. The molecule has 15 heavy (non-hydrogen) atoms. The number of amidine groups is 1. The van der Waals surface area contributed by atoms with Crippen molar-refractivity contribution in [3.8, 4) is 0 Å². The van der Waals surface area contributed by atoms with Crippen molar-refractivity contribution in [3.05, 3.63) is 0 Å². The highest BCUT2D eigenvalue weighted by Crippen LogP contribution is 2.27. The molecule has 0 aliphatic carbocycles. The van der Waals surface area contributed by atoms with E-state index in [0.717, 1.165) is 12.8 Å². The zero-order valence-electron chi connectivity index (χ0n) is 10.1. The van der Waals surface area contributed by atoms with Crippen molar-refractivity contribution < 1.29 is 4.79 Å². The van der Waals surface area contributed by atoms with Crippen molar-refractivity contribution in [3.63, 3.8) is 0 Å². The van der Waals surface area contributed by atoms with Gasteiger partial charge >= 0.3 is 6.03 Å². The summed E-state index contributed by atoms with van der Waals surface area (Å²) in [6.45, 7) is 8.93. The molecule has 1 unspecified atom stereocenters. The topological polar surface area (TPSA) is 56.2 Å². The highest BCUT2D eigenvalue weighted by molar-refractivity contribution is 6.08. The van der Waals surface area contributed by atoms with E-state index in [1.54, 1.807) is 4.90 Å². The fraction of sp³-hybridized carbons (Fsp3) is 0.818. The van der Waals surface area contributed by atoms with E-state index in [4.69, 9.17) is 5.41 Å². The van der Waals surface area contributed by atoms with Crippen LogP contribution in [0.3, 0.4) is 0 Å². The van der Waals surface area contributed by atoms with E-state index in [1.807, 2.05) is 6.92 Å². The molecule has 0 bridgehead atoms. The zero-order valence-corrected chi connectivity index (χ0v) is 10.1. The van der Waals surface area contributed by atoms with Gasteiger partial charge < -0.3 is 4.90 Å². The number of carbonyl (C=O) groups excluding carboxylic acids is 1. The minimum absolute atomic E-state index is 0.121. The van der Waals surface area contributed by atoms with Gasteiger partial charge in [0.15, 0.2) is 0 Å². The number of urea groups is 1. The molecule has 4 heteroatoms. The second-order valence-electron chi connectivity index (χ2n) is 4.83. The molecule has 1 aliphatic heterocycles. The molecule has 2 N–H and O–H groups in total. The summed E-state index contributed by atoms with van der Waals surface area (Å²) in [5, 5.41) is 10.5. The number of amides is 2. The largest absolute Gasteiger partial charge is 0.323 e. The van der Waals surface area contributed by atoms with Gasteiger partial charge in [-0.2, -0.15) is 0 Å². The second kappa shape index (κ2) is 4.21. The summed E-state index contributed by atoms with van der Waals surface area (Å²) < 4.78 is 0. The lowest BCUT2D eigenvalue weighted by atomic mass is 9.93. The fourth-order valence-corrected chi connectivity index (χ4v) is 2.06. The predicted molar refractivity (Wildman–Crippen MR) is 61.1 cm³/mol. The van der Waals surface area contributed by atoms with Gasteiger partial charge in [-0.05, 0) is 19.3 Å². The fourth-order valence-electron chi connectivity index (χ4n) is 2.06. The minimum atomic E-state index is -0.421. The van der Waals surface area contributed by atoms with Crippen molar-refractivity contribution >= 4 is 11.9 Å². The number of carbonyl (C=O) groups is 1. The molecule has 2 amide bonds. The van der Waals surface area contributed by atoms with Gasteiger partial charge in [0.2, 0.25) is 0 Å². The lowest BCUT2D eigenvalue weighted by molar-refractivity contribution is 0.164. The smallest absolute Gasteiger partial charge is 0.312 e. The molecule has 1 fully saturated rings. The van der Waals surface area contributed by atoms with E-state index in [1.165, 1.54) is 0 Å². The minimum Gasteiger partial charge on any atom is -0.312 e. The maximum Gasteiger partial charge on any atom is 0.323 e. The maximum absolute atomic E-state index is 11.7. The number of rotatable bonds is 4. The summed E-state index contributed by atoms with van der Waals surface area (Å²) in [6.07, 6.45) is 1.82. The first-order valence-corrected chi connectivity index (χ1v) is 5.59. The Balaban J connectivity index is 2.89. The third-order valence-electron chi connectivity index (χ3n) is 2.90. The van der Waals surface area contributed by atoms with Gasteiger partial charge in [0, 0.05) is 6.54 Å². The highest BCUT2D eigenvalue weighted by Gasteiger charge is 2.45. The van der Waals surface area contributed by atoms with Crippen LogP contribution in [0.15, 0.2) is 0 Å². The molecular formula is C11H21N3O. The average molecular weight is 211 g/mol. The van der Waals surface area contributed by atoms with Gasteiger partial charge in [-0.25, -0.2) is 4.79 Å². The van der Waals surface area contributed by atoms with Crippen LogP contribution in [-0.2, 0) is 0 Å². The van der Waals surface area contributed by atoms with Crippen molar-refractivity contribution in [2.45, 2.75) is 46.1 Å². The van der Waals surface area contributed by atoms with Crippen LogP contribution in [0.4, 0.5) is 4.79 Å². The van der Waals surface area contributed by atoms with E-state index in [9.17, 15) is 4.79 Å². The molecule has 1 heterocycles. The summed E-state index contributed by atoms with van der Waals surface area (Å²) in [5.41, 5.74) is -0.421. The van der Waals surface area contributed by atoms with Crippen LogP contribution < -0.4 is 5.32 Å². The van der Waals surface area contributed by atoms with Gasteiger partial charge in [-0.1, -0.05) is 27.2 Å². The Morgan fingerprint density at radius 3 is 2.60 bits per heavy atom. The van der Waals surface area contributed by atoms with Crippen LogP contribution in [0.25, 0.3) is 0 Å². The van der Waals surface area contributed by atoms with Crippen molar-refractivity contribution in [2.24, 2.45) is 5.92 Å². The zero-order chi connectivity index (χ0) is 11.6. The predicted octanol–water partition coefficient (Wildman–Crippen LogP) is 2.20. The van der Waals surface area contributed by atoms with Crippen molar-refractivity contribution in [1.82, 2.24) is 10.2 Å². The molecule has 1 atom stereocenters. The van der Waals surface area contributed by atoms with E-state index >= 15 is 0 Å². The monoisotopic (exact) mass is 211 g/mol. The van der Waals surface area contributed by atoms with E-state index in [-0.39, 0.29) is 6.03 Å². The molecule has 0 aromatic carbocycles.